The molecule has 26 heavy (non-hydrogen) atoms. The van der Waals surface area contributed by atoms with Crippen LogP contribution in [0.3, 0.4) is 0 Å². The van der Waals surface area contributed by atoms with Gasteiger partial charge in [-0.2, -0.15) is 0 Å². The van der Waals surface area contributed by atoms with Gasteiger partial charge in [0.2, 0.25) is 5.91 Å². The lowest BCUT2D eigenvalue weighted by atomic mass is 9.87. The van der Waals surface area contributed by atoms with E-state index >= 15 is 0 Å². The molecule has 1 aliphatic carbocycles. The number of carbonyl (C=O) groups is 1. The number of hydrogen-bond acceptors (Lipinski definition) is 4. The summed E-state index contributed by atoms with van der Waals surface area (Å²) < 4.78 is 2.21. The molecular weight excluding hydrogens is 344 g/mol. The Kier molecular flexibility index (Phi) is 5.29. The summed E-state index contributed by atoms with van der Waals surface area (Å²) in [6, 6.07) is 8.74. The molecule has 5 nitrogen and oxygen atoms in total. The van der Waals surface area contributed by atoms with Crippen LogP contribution in [0.1, 0.15) is 55.1 Å². The molecule has 138 valence electrons. The lowest BCUT2D eigenvalue weighted by molar-refractivity contribution is -0.129. The van der Waals surface area contributed by atoms with Gasteiger partial charge in [-0.15, -0.1) is 10.2 Å². The average molecular weight is 371 g/mol. The minimum Gasteiger partial charge on any atom is -0.338 e. The van der Waals surface area contributed by atoms with Crippen molar-refractivity contribution >= 4 is 17.7 Å². The first-order valence-corrected chi connectivity index (χ1v) is 10.6. The predicted molar refractivity (Wildman–Crippen MR) is 103 cm³/mol. The van der Waals surface area contributed by atoms with E-state index in [9.17, 15) is 4.79 Å². The van der Waals surface area contributed by atoms with Crippen LogP contribution in [0.15, 0.2) is 29.4 Å². The number of fused-ring (bicyclic) bond motifs is 2. The van der Waals surface area contributed by atoms with Gasteiger partial charge in [-0.3, -0.25) is 4.79 Å². The first-order chi connectivity index (χ1) is 12.7. The number of nitrogens with zero attached hydrogens (tertiary/aromatic N) is 4. The zero-order chi connectivity index (χ0) is 17.9. The summed E-state index contributed by atoms with van der Waals surface area (Å²) >= 11 is 1.53. The van der Waals surface area contributed by atoms with Crippen LogP contribution in [-0.4, -0.2) is 38.4 Å². The molecule has 0 bridgehead atoms. The van der Waals surface area contributed by atoms with Crippen LogP contribution < -0.4 is 0 Å². The van der Waals surface area contributed by atoms with E-state index in [1.807, 2.05) is 11.9 Å². The number of aryl methyl sites for hydroxylation is 2. The first-order valence-electron chi connectivity index (χ1n) is 9.62. The van der Waals surface area contributed by atoms with E-state index in [4.69, 9.17) is 0 Å². The van der Waals surface area contributed by atoms with Gasteiger partial charge < -0.3 is 9.47 Å². The Morgan fingerprint density at radius 1 is 1.19 bits per heavy atom. The van der Waals surface area contributed by atoms with Gasteiger partial charge in [-0.05, 0) is 43.2 Å². The van der Waals surface area contributed by atoms with E-state index in [1.165, 1.54) is 42.2 Å². The average Bonchev–Trinajstić information content (AvgIpc) is 2.91. The van der Waals surface area contributed by atoms with Crippen LogP contribution >= 0.6 is 11.8 Å². The van der Waals surface area contributed by atoms with E-state index in [2.05, 4.69) is 39.0 Å². The highest BCUT2D eigenvalue weighted by Gasteiger charge is 2.27. The Balaban J connectivity index is 1.42. The lowest BCUT2D eigenvalue weighted by Gasteiger charge is -2.33. The molecule has 1 aromatic heterocycles. The summed E-state index contributed by atoms with van der Waals surface area (Å²) in [6.07, 6.45) is 7.91. The second kappa shape index (κ2) is 7.82. The standard InChI is InChI=1S/C20H26N4OS/c1-23(17-11-7-9-15-8-4-5-10-16(15)17)19(25)14-26-20-22-21-18-12-3-2-6-13-24(18)20/h4-5,8,10,17H,2-3,6-7,9,11-14H2,1H3/t17-/m1/s1. The van der Waals surface area contributed by atoms with Crippen LogP contribution in [0.25, 0.3) is 0 Å². The quantitative estimate of drug-likeness (QED) is 0.771. The molecule has 6 heteroatoms. The van der Waals surface area contributed by atoms with Gasteiger partial charge in [0.1, 0.15) is 5.82 Å². The van der Waals surface area contributed by atoms with Crippen molar-refractivity contribution in [3.63, 3.8) is 0 Å². The molecule has 0 saturated heterocycles. The first kappa shape index (κ1) is 17.6. The Hall–Kier alpha value is -1.82. The highest BCUT2D eigenvalue weighted by Crippen LogP contribution is 2.34. The van der Waals surface area contributed by atoms with E-state index in [1.54, 1.807) is 0 Å². The Labute approximate surface area is 159 Å². The topological polar surface area (TPSA) is 51.0 Å². The van der Waals surface area contributed by atoms with Crippen molar-refractivity contribution in [1.82, 2.24) is 19.7 Å². The molecule has 1 amide bonds. The van der Waals surface area contributed by atoms with Crippen molar-refractivity contribution in [2.24, 2.45) is 0 Å². The fraction of sp³-hybridized carbons (Fsp3) is 0.550. The second-order valence-electron chi connectivity index (χ2n) is 7.26. The molecule has 0 fully saturated rings. The molecule has 2 aliphatic rings. The van der Waals surface area contributed by atoms with Crippen molar-refractivity contribution in [3.05, 3.63) is 41.2 Å². The normalized spacial score (nSPS) is 19.3. The van der Waals surface area contributed by atoms with Gasteiger partial charge in [0.05, 0.1) is 11.8 Å². The van der Waals surface area contributed by atoms with Gasteiger partial charge in [0.15, 0.2) is 5.16 Å². The summed E-state index contributed by atoms with van der Waals surface area (Å²) in [6.45, 7) is 0.977. The Morgan fingerprint density at radius 2 is 2.08 bits per heavy atom. The molecule has 0 N–H and O–H groups in total. The number of thioether (sulfide) groups is 1. The molecule has 1 aromatic carbocycles. The van der Waals surface area contributed by atoms with Gasteiger partial charge in [0, 0.05) is 20.0 Å². The summed E-state index contributed by atoms with van der Waals surface area (Å²) in [5.41, 5.74) is 2.70. The highest BCUT2D eigenvalue weighted by atomic mass is 32.2. The Morgan fingerprint density at radius 3 is 3.00 bits per heavy atom. The number of aromatic nitrogens is 3. The zero-order valence-corrected chi connectivity index (χ0v) is 16.2. The smallest absolute Gasteiger partial charge is 0.233 e. The number of hydrogen-bond donors (Lipinski definition) is 0. The van der Waals surface area contributed by atoms with Crippen molar-refractivity contribution < 1.29 is 4.79 Å². The third-order valence-electron chi connectivity index (χ3n) is 5.60. The predicted octanol–water partition coefficient (Wildman–Crippen LogP) is 3.63. The minimum atomic E-state index is 0.169. The Bertz CT molecular complexity index is 788. The molecule has 1 aliphatic heterocycles. The van der Waals surface area contributed by atoms with Crippen molar-refractivity contribution in [1.29, 1.82) is 0 Å². The molecular formula is C20H26N4OS. The molecule has 2 aromatic rings. The maximum Gasteiger partial charge on any atom is 0.233 e. The number of carbonyl (C=O) groups excluding carboxylic acids is 1. The van der Waals surface area contributed by atoms with Crippen molar-refractivity contribution in [2.45, 2.75) is 62.7 Å². The number of rotatable bonds is 4. The van der Waals surface area contributed by atoms with E-state index < -0.39 is 0 Å². The molecule has 0 radical (unpaired) electrons. The lowest BCUT2D eigenvalue weighted by Crippen LogP contribution is -2.34. The monoisotopic (exact) mass is 370 g/mol. The summed E-state index contributed by atoms with van der Waals surface area (Å²) in [5.74, 6) is 1.67. The maximum absolute atomic E-state index is 12.8. The van der Waals surface area contributed by atoms with Gasteiger partial charge in [-0.25, -0.2) is 0 Å². The van der Waals surface area contributed by atoms with Gasteiger partial charge >= 0.3 is 0 Å². The van der Waals surface area contributed by atoms with Crippen LogP contribution in [0.4, 0.5) is 0 Å². The van der Waals surface area contributed by atoms with Crippen LogP contribution in [0.5, 0.6) is 0 Å². The molecule has 1 atom stereocenters. The van der Waals surface area contributed by atoms with Crippen LogP contribution in [0, 0.1) is 0 Å². The maximum atomic E-state index is 12.8. The highest BCUT2D eigenvalue weighted by molar-refractivity contribution is 7.99. The van der Waals surface area contributed by atoms with Crippen LogP contribution in [0.2, 0.25) is 0 Å². The largest absolute Gasteiger partial charge is 0.338 e. The fourth-order valence-corrected chi connectivity index (χ4v) is 5.00. The minimum absolute atomic E-state index is 0.169. The summed E-state index contributed by atoms with van der Waals surface area (Å²) in [5, 5.41) is 9.55. The van der Waals surface area contributed by atoms with Crippen LogP contribution in [-0.2, 0) is 24.2 Å². The SMILES string of the molecule is CN(C(=O)CSc1nnc2n1CCCCC2)[C@@H]1CCCc2ccccc21. The summed E-state index contributed by atoms with van der Waals surface area (Å²) in [4.78, 5) is 14.8. The molecule has 2 heterocycles. The third kappa shape index (κ3) is 3.52. The van der Waals surface area contributed by atoms with Crippen molar-refractivity contribution in [2.75, 3.05) is 12.8 Å². The summed E-state index contributed by atoms with van der Waals surface area (Å²) in [7, 11) is 1.94. The van der Waals surface area contributed by atoms with Gasteiger partial charge in [0.25, 0.3) is 0 Å². The number of benzene rings is 1. The molecule has 4 rings (SSSR count). The third-order valence-corrected chi connectivity index (χ3v) is 6.55. The van der Waals surface area contributed by atoms with E-state index in [0.717, 1.165) is 43.2 Å². The molecule has 0 spiro atoms. The second-order valence-corrected chi connectivity index (χ2v) is 8.20. The molecule has 0 saturated carbocycles. The van der Waals surface area contributed by atoms with Gasteiger partial charge in [-0.1, -0.05) is 42.4 Å². The number of amides is 1. The molecule has 0 unspecified atom stereocenters. The van der Waals surface area contributed by atoms with E-state index in [0.29, 0.717) is 5.75 Å². The van der Waals surface area contributed by atoms with Crippen molar-refractivity contribution in [3.8, 4) is 0 Å². The van der Waals surface area contributed by atoms with E-state index in [-0.39, 0.29) is 11.9 Å². The zero-order valence-electron chi connectivity index (χ0n) is 15.4. The fourth-order valence-electron chi connectivity index (χ4n) is 4.10.